The molecule has 1 aliphatic rings. The monoisotopic (exact) mass is 409 g/mol. The van der Waals surface area contributed by atoms with Gasteiger partial charge in [0.05, 0.1) is 11.6 Å². The molecule has 28 heavy (non-hydrogen) atoms. The van der Waals surface area contributed by atoms with Crippen LogP contribution in [-0.4, -0.2) is 5.71 Å². The van der Waals surface area contributed by atoms with Crippen LogP contribution in [0.3, 0.4) is 0 Å². The average molecular weight is 410 g/mol. The smallest absolute Gasteiger partial charge is 0.165 e. The van der Waals surface area contributed by atoms with Gasteiger partial charge in [0.2, 0.25) is 0 Å². The lowest BCUT2D eigenvalue weighted by Gasteiger charge is -2.23. The highest BCUT2D eigenvalue weighted by atomic mass is 35.5. The Balaban J connectivity index is 1.90. The number of oxime groups is 1. The van der Waals surface area contributed by atoms with E-state index in [1.165, 1.54) is 0 Å². The summed E-state index contributed by atoms with van der Waals surface area (Å²) in [7, 11) is 0. The summed E-state index contributed by atoms with van der Waals surface area (Å²) in [5, 5.41) is 5.92. The van der Waals surface area contributed by atoms with Gasteiger partial charge in [-0.2, -0.15) is 0 Å². The third-order valence-corrected chi connectivity index (χ3v) is 6.61. The Kier molecular flexibility index (Phi) is 5.18. The van der Waals surface area contributed by atoms with Gasteiger partial charge in [-0.25, -0.2) is 0 Å². The zero-order valence-corrected chi connectivity index (χ0v) is 17.6. The minimum absolute atomic E-state index is 0.0455. The van der Waals surface area contributed by atoms with Crippen molar-refractivity contribution in [2.45, 2.75) is 32.8 Å². The highest BCUT2D eigenvalue weighted by molar-refractivity contribution is 6.38. The third-order valence-electron chi connectivity index (χ3n) is 5.47. The fourth-order valence-electron chi connectivity index (χ4n) is 4.01. The molecule has 1 aliphatic heterocycles. The minimum atomic E-state index is -0.198. The molecular formula is C24H21Cl2NO. The molecule has 0 aliphatic carbocycles. The molecule has 2 nitrogen and oxygen atoms in total. The van der Waals surface area contributed by atoms with Crippen molar-refractivity contribution in [2.75, 3.05) is 0 Å². The molecule has 0 saturated carbocycles. The van der Waals surface area contributed by atoms with E-state index in [9.17, 15) is 0 Å². The highest BCUT2D eigenvalue weighted by Crippen LogP contribution is 2.45. The molecule has 0 unspecified atom stereocenters. The van der Waals surface area contributed by atoms with Gasteiger partial charge in [0.25, 0.3) is 0 Å². The molecule has 4 heteroatoms. The van der Waals surface area contributed by atoms with Crippen LogP contribution in [-0.2, 0) is 4.84 Å². The number of hydrogen-bond acceptors (Lipinski definition) is 2. The Hall–Kier alpha value is -2.29. The van der Waals surface area contributed by atoms with E-state index in [1.54, 1.807) is 0 Å². The summed E-state index contributed by atoms with van der Waals surface area (Å²) in [6.07, 6.45) is -0.198. The number of halogens is 2. The molecule has 142 valence electrons. The number of nitrogens with zero attached hydrogens (tertiary/aromatic N) is 1. The molecule has 1 heterocycles. The van der Waals surface area contributed by atoms with Gasteiger partial charge in [0.15, 0.2) is 6.10 Å². The lowest BCUT2D eigenvalue weighted by Crippen LogP contribution is -2.19. The molecule has 4 rings (SSSR count). The molecule has 0 radical (unpaired) electrons. The lowest BCUT2D eigenvalue weighted by atomic mass is 9.81. The summed E-state index contributed by atoms with van der Waals surface area (Å²) in [4.78, 5) is 5.99. The van der Waals surface area contributed by atoms with Gasteiger partial charge in [0.1, 0.15) is 0 Å². The summed E-state index contributed by atoms with van der Waals surface area (Å²) in [6, 6.07) is 20.5. The molecule has 0 bridgehead atoms. The van der Waals surface area contributed by atoms with Crippen molar-refractivity contribution in [2.24, 2.45) is 5.16 Å². The maximum absolute atomic E-state index is 6.61. The Morgan fingerprint density at radius 2 is 1.21 bits per heavy atom. The molecule has 0 aromatic heterocycles. The van der Waals surface area contributed by atoms with E-state index in [2.05, 4.69) is 29.4 Å². The van der Waals surface area contributed by atoms with Crippen LogP contribution in [0.2, 0.25) is 10.0 Å². The van der Waals surface area contributed by atoms with E-state index in [-0.39, 0.29) is 12.0 Å². The number of benzene rings is 3. The number of rotatable bonds is 3. The predicted molar refractivity (Wildman–Crippen MR) is 117 cm³/mol. The second-order valence-electron chi connectivity index (χ2n) is 7.18. The largest absolute Gasteiger partial charge is 0.386 e. The van der Waals surface area contributed by atoms with Crippen molar-refractivity contribution in [1.29, 1.82) is 0 Å². The van der Waals surface area contributed by atoms with Crippen molar-refractivity contribution in [3.8, 4) is 0 Å². The summed E-state index contributed by atoms with van der Waals surface area (Å²) >= 11 is 13.2. The van der Waals surface area contributed by atoms with Crippen molar-refractivity contribution < 1.29 is 4.84 Å². The van der Waals surface area contributed by atoms with Crippen LogP contribution in [0.4, 0.5) is 0 Å². The van der Waals surface area contributed by atoms with Gasteiger partial charge in [-0.15, -0.1) is 0 Å². The Morgan fingerprint density at radius 3 is 1.75 bits per heavy atom. The van der Waals surface area contributed by atoms with Gasteiger partial charge >= 0.3 is 0 Å². The van der Waals surface area contributed by atoms with Gasteiger partial charge < -0.3 is 4.84 Å². The normalized spacial score (nSPS) is 18.7. The standard InChI is InChI=1S/C24H21Cl2NO/c1-14-19(15(2)22(26)16(3)21(14)25)23-20(17-10-6-4-7-11-17)24(28-27-23)18-12-8-5-9-13-18/h4-13,20,24H,1-3H3/t20-,24-/m1/s1. The second kappa shape index (κ2) is 7.62. The van der Waals surface area contributed by atoms with Gasteiger partial charge in [-0.3, -0.25) is 0 Å². The van der Waals surface area contributed by atoms with E-state index < -0.39 is 0 Å². The van der Waals surface area contributed by atoms with Crippen LogP contribution in [0.25, 0.3) is 0 Å². The fourth-order valence-corrected chi connectivity index (χ4v) is 4.43. The van der Waals surface area contributed by atoms with Crippen LogP contribution in [0.1, 0.15) is 45.4 Å². The maximum atomic E-state index is 6.61. The second-order valence-corrected chi connectivity index (χ2v) is 7.94. The molecule has 0 saturated heterocycles. The van der Waals surface area contributed by atoms with Crippen LogP contribution in [0, 0.1) is 20.8 Å². The molecule has 0 fully saturated rings. The minimum Gasteiger partial charge on any atom is -0.386 e. The van der Waals surface area contributed by atoms with Crippen molar-refractivity contribution in [3.63, 3.8) is 0 Å². The van der Waals surface area contributed by atoms with E-state index in [4.69, 9.17) is 28.0 Å². The van der Waals surface area contributed by atoms with Crippen molar-refractivity contribution in [3.05, 3.63) is 104 Å². The SMILES string of the molecule is Cc1c(Cl)c(C)c(C2=NO[C@H](c3ccccc3)[C@@H]2c2ccccc2)c(C)c1Cl. The predicted octanol–water partition coefficient (Wildman–Crippen LogP) is 7.18. The zero-order valence-electron chi connectivity index (χ0n) is 16.0. The molecule has 3 aromatic rings. The maximum Gasteiger partial charge on any atom is 0.165 e. The zero-order chi connectivity index (χ0) is 19.8. The van der Waals surface area contributed by atoms with Gasteiger partial charge in [-0.05, 0) is 48.6 Å². The first-order valence-electron chi connectivity index (χ1n) is 9.29. The average Bonchev–Trinajstić information content (AvgIpc) is 3.17. The Morgan fingerprint density at radius 1 is 0.714 bits per heavy atom. The molecule has 0 N–H and O–H groups in total. The molecule has 2 atom stereocenters. The first kappa shape index (κ1) is 19.0. The summed E-state index contributed by atoms with van der Waals surface area (Å²) in [5.41, 5.74) is 6.97. The summed E-state index contributed by atoms with van der Waals surface area (Å²) in [5.74, 6) is -0.0455. The molecule has 0 amide bonds. The van der Waals surface area contributed by atoms with Crippen LogP contribution >= 0.6 is 23.2 Å². The van der Waals surface area contributed by atoms with E-state index in [1.807, 2.05) is 57.2 Å². The van der Waals surface area contributed by atoms with Gasteiger partial charge in [0, 0.05) is 15.6 Å². The van der Waals surface area contributed by atoms with E-state index in [0.717, 1.165) is 39.1 Å². The lowest BCUT2D eigenvalue weighted by molar-refractivity contribution is 0.0763. The van der Waals surface area contributed by atoms with Crippen LogP contribution < -0.4 is 0 Å². The molecular weight excluding hydrogens is 389 g/mol. The summed E-state index contributed by atoms with van der Waals surface area (Å²) in [6.45, 7) is 5.99. The number of hydrogen-bond donors (Lipinski definition) is 0. The first-order chi connectivity index (χ1) is 13.5. The van der Waals surface area contributed by atoms with Crippen molar-refractivity contribution >= 4 is 28.9 Å². The fraction of sp³-hybridized carbons (Fsp3) is 0.208. The van der Waals surface area contributed by atoms with Crippen molar-refractivity contribution in [1.82, 2.24) is 0 Å². The molecule has 3 aromatic carbocycles. The topological polar surface area (TPSA) is 21.6 Å². The Bertz CT molecular complexity index is 1020. The third kappa shape index (κ3) is 3.11. The van der Waals surface area contributed by atoms with E-state index >= 15 is 0 Å². The van der Waals surface area contributed by atoms with E-state index in [0.29, 0.717) is 10.0 Å². The quantitative estimate of drug-likeness (QED) is 0.448. The van der Waals surface area contributed by atoms with Crippen LogP contribution in [0.5, 0.6) is 0 Å². The Labute approximate surface area is 175 Å². The molecule has 0 spiro atoms. The summed E-state index contributed by atoms with van der Waals surface area (Å²) < 4.78 is 0. The van der Waals surface area contributed by atoms with Crippen LogP contribution in [0.15, 0.2) is 65.8 Å². The first-order valence-corrected chi connectivity index (χ1v) is 10.0. The van der Waals surface area contributed by atoms with Gasteiger partial charge in [-0.1, -0.05) is 89.0 Å². The highest BCUT2D eigenvalue weighted by Gasteiger charge is 2.39.